The number of β-lactam (4-membered cyclic amide) rings is 1. The Labute approximate surface area is 339 Å². The second-order valence-corrected chi connectivity index (χ2v) is 15.0. The number of rotatable bonds is 26. The Balaban J connectivity index is 1.10. The van der Waals surface area contributed by atoms with E-state index < -0.39 is 43.0 Å². The fourth-order valence-electron chi connectivity index (χ4n) is 7.19. The number of unbranched alkanes of at least 4 members (excludes halogenated alkanes) is 8. The monoisotopic (exact) mass is 809 g/mol. The Morgan fingerprint density at radius 3 is 1.98 bits per heavy atom. The van der Waals surface area contributed by atoms with Gasteiger partial charge in [-0.2, -0.15) is 0 Å². The van der Waals surface area contributed by atoms with Gasteiger partial charge in [-0.1, -0.05) is 81.3 Å². The van der Waals surface area contributed by atoms with Gasteiger partial charge in [0.15, 0.2) is 6.10 Å². The first-order valence-electron chi connectivity index (χ1n) is 20.3. The first-order chi connectivity index (χ1) is 27.9. The summed E-state index contributed by atoms with van der Waals surface area (Å²) in [5.74, 6) is -0.911. The number of methoxy groups -OCH3 is 1. The lowest BCUT2D eigenvalue weighted by molar-refractivity contribution is -0.148. The third kappa shape index (κ3) is 13.6. The van der Waals surface area contributed by atoms with Gasteiger partial charge in [0, 0.05) is 25.2 Å². The Morgan fingerprint density at radius 2 is 1.38 bits per heavy atom. The lowest BCUT2D eigenvalue weighted by atomic mass is 9.78. The third-order valence-electron chi connectivity index (χ3n) is 10.8. The van der Waals surface area contributed by atoms with Gasteiger partial charge >= 0.3 is 0 Å². The predicted molar refractivity (Wildman–Crippen MR) is 216 cm³/mol. The summed E-state index contributed by atoms with van der Waals surface area (Å²) in [6.45, 7) is -0.136. The molecule has 7 atom stereocenters. The van der Waals surface area contributed by atoms with Gasteiger partial charge in [-0.3, -0.25) is 14.4 Å². The molecule has 318 valence electrons. The normalized spacial score (nSPS) is 17.8. The summed E-state index contributed by atoms with van der Waals surface area (Å²) >= 11 is 0. The minimum atomic E-state index is -1.92. The van der Waals surface area contributed by atoms with Gasteiger partial charge in [0.2, 0.25) is 11.8 Å². The number of hydrogen-bond donors (Lipinski definition) is 8. The Bertz CT molecular complexity index is 1700. The van der Waals surface area contributed by atoms with E-state index in [0.29, 0.717) is 50.1 Å². The zero-order valence-corrected chi connectivity index (χ0v) is 33.2. The number of anilines is 1. The highest BCUT2D eigenvalue weighted by atomic mass is 19.1. The first-order valence-corrected chi connectivity index (χ1v) is 20.3. The van der Waals surface area contributed by atoms with E-state index in [9.17, 15) is 44.3 Å². The topological polar surface area (TPSA) is 209 Å². The Hall–Kier alpha value is -4.44. The van der Waals surface area contributed by atoms with Crippen molar-refractivity contribution in [2.45, 2.75) is 120 Å². The molecule has 1 aliphatic heterocycles. The van der Waals surface area contributed by atoms with Crippen molar-refractivity contribution < 1.29 is 54.2 Å². The lowest BCUT2D eigenvalue weighted by Gasteiger charge is -2.48. The van der Waals surface area contributed by atoms with Crippen LogP contribution in [-0.4, -0.2) is 93.0 Å². The Morgan fingerprint density at radius 1 is 0.776 bits per heavy atom. The molecule has 0 radical (unpaired) electrons. The molecule has 0 saturated carbocycles. The van der Waals surface area contributed by atoms with Gasteiger partial charge in [0.1, 0.15) is 29.9 Å². The van der Waals surface area contributed by atoms with E-state index in [0.717, 1.165) is 68.2 Å². The molecule has 1 saturated heterocycles. The highest BCUT2D eigenvalue weighted by Crippen LogP contribution is 2.46. The van der Waals surface area contributed by atoms with Crippen molar-refractivity contribution in [1.82, 2.24) is 10.6 Å². The fraction of sp³-hybridized carbons (Fsp3) is 0.523. The van der Waals surface area contributed by atoms with Gasteiger partial charge in [0.25, 0.3) is 5.91 Å². The second-order valence-electron chi connectivity index (χ2n) is 15.0. The molecule has 0 aliphatic carbocycles. The van der Waals surface area contributed by atoms with E-state index in [1.54, 1.807) is 24.1 Å². The van der Waals surface area contributed by atoms with E-state index in [1.165, 1.54) is 12.1 Å². The van der Waals surface area contributed by atoms with E-state index in [4.69, 9.17) is 9.84 Å². The van der Waals surface area contributed by atoms with Crippen molar-refractivity contribution >= 4 is 23.4 Å². The molecule has 1 fully saturated rings. The number of nitrogens with zero attached hydrogens (tertiary/aromatic N) is 1. The smallest absolute Gasteiger partial charge is 0.251 e. The number of hydrogen-bond acceptors (Lipinski definition) is 10. The molecule has 1 aliphatic rings. The van der Waals surface area contributed by atoms with Crippen LogP contribution in [0.15, 0.2) is 72.8 Å². The summed E-state index contributed by atoms with van der Waals surface area (Å²) in [5.41, 5.74) is 3.22. The molecule has 0 bridgehead atoms. The molecule has 1 heterocycles. The largest absolute Gasteiger partial charge is 0.497 e. The van der Waals surface area contributed by atoms with Gasteiger partial charge in [-0.25, -0.2) is 4.39 Å². The van der Waals surface area contributed by atoms with Crippen LogP contribution in [0.25, 0.3) is 0 Å². The quantitative estimate of drug-likeness (QED) is 0.0430. The van der Waals surface area contributed by atoms with Gasteiger partial charge in [-0.15, -0.1) is 0 Å². The maximum Gasteiger partial charge on any atom is 0.251 e. The molecule has 3 aromatic carbocycles. The molecule has 0 aromatic heterocycles. The van der Waals surface area contributed by atoms with E-state index in [2.05, 4.69) is 10.6 Å². The van der Waals surface area contributed by atoms with E-state index in [1.807, 2.05) is 48.5 Å². The van der Waals surface area contributed by atoms with E-state index >= 15 is 0 Å². The van der Waals surface area contributed by atoms with Crippen LogP contribution in [0, 0.1) is 11.7 Å². The highest BCUT2D eigenvalue weighted by Gasteiger charge is 2.48. The van der Waals surface area contributed by atoms with Gasteiger partial charge in [0.05, 0.1) is 31.8 Å². The molecule has 4 rings (SSSR count). The van der Waals surface area contributed by atoms with Crippen LogP contribution in [0.2, 0.25) is 0 Å². The van der Waals surface area contributed by atoms with Crippen LogP contribution in [0.4, 0.5) is 10.1 Å². The zero-order valence-electron chi connectivity index (χ0n) is 33.2. The molecule has 7 unspecified atom stereocenters. The predicted octanol–water partition coefficient (Wildman–Crippen LogP) is 4.12. The summed E-state index contributed by atoms with van der Waals surface area (Å²) in [5, 5.41) is 63.7. The third-order valence-corrected chi connectivity index (χ3v) is 10.8. The van der Waals surface area contributed by atoms with Crippen LogP contribution in [0.3, 0.4) is 0 Å². The van der Waals surface area contributed by atoms with Crippen molar-refractivity contribution in [3.05, 3.63) is 95.3 Å². The summed E-state index contributed by atoms with van der Waals surface area (Å²) in [6, 6.07) is 20.7. The maximum absolute atomic E-state index is 13.6. The maximum atomic E-state index is 13.6. The summed E-state index contributed by atoms with van der Waals surface area (Å²) in [4.78, 5) is 39.8. The average Bonchev–Trinajstić information content (AvgIpc) is 3.24. The number of nitrogens with one attached hydrogen (secondary N) is 2. The average molecular weight is 810 g/mol. The first kappa shape index (κ1) is 46.3. The Kier molecular flexibility index (Phi) is 19.0. The van der Waals surface area contributed by atoms with Gasteiger partial charge in [-0.05, 0) is 78.8 Å². The van der Waals surface area contributed by atoms with Crippen LogP contribution >= 0.6 is 0 Å². The number of carbonyl (C=O) groups excluding carboxylic acids is 3. The minimum absolute atomic E-state index is 0.0136. The SMILES string of the molecule is COc1ccc(C2C(CCC(O)c3ccc(F)cc3)C(=O)N2c2ccc(CNC(=O)CCCCCCCCCCCNC(=O)C(O)C(O)C(O)C(O)CO)cc2)cc1. The number of halogens is 1. The van der Waals surface area contributed by atoms with Crippen molar-refractivity contribution in [2.75, 3.05) is 25.2 Å². The second kappa shape index (κ2) is 23.8. The molecule has 13 nitrogen and oxygen atoms in total. The minimum Gasteiger partial charge on any atom is -0.497 e. The van der Waals surface area contributed by atoms with Crippen molar-refractivity contribution in [1.29, 1.82) is 0 Å². The van der Waals surface area contributed by atoms with Crippen molar-refractivity contribution in [2.24, 2.45) is 5.92 Å². The number of aliphatic hydroxyl groups excluding tert-OH is 6. The molecule has 0 spiro atoms. The number of ether oxygens (including phenoxy) is 1. The fourth-order valence-corrected chi connectivity index (χ4v) is 7.19. The van der Waals surface area contributed by atoms with Crippen LogP contribution in [0.5, 0.6) is 5.75 Å². The molecular formula is C44H60FN3O10. The van der Waals surface area contributed by atoms with E-state index in [-0.39, 0.29) is 29.6 Å². The lowest BCUT2D eigenvalue weighted by Crippen LogP contribution is -2.55. The van der Waals surface area contributed by atoms with Crippen LogP contribution < -0.4 is 20.3 Å². The van der Waals surface area contributed by atoms with Gasteiger partial charge < -0.3 is 50.9 Å². The van der Waals surface area contributed by atoms with Crippen LogP contribution in [-0.2, 0) is 20.9 Å². The number of aliphatic hydroxyl groups is 6. The summed E-state index contributed by atoms with van der Waals surface area (Å²) in [6.07, 6.45) is 1.59. The van der Waals surface area contributed by atoms with Crippen molar-refractivity contribution in [3.63, 3.8) is 0 Å². The summed E-state index contributed by atoms with van der Waals surface area (Å²) in [7, 11) is 1.60. The van der Waals surface area contributed by atoms with Crippen molar-refractivity contribution in [3.8, 4) is 5.75 Å². The zero-order chi connectivity index (χ0) is 42.0. The molecule has 58 heavy (non-hydrogen) atoms. The number of amides is 3. The molecule has 8 N–H and O–H groups in total. The molecule has 3 aromatic rings. The molecule has 14 heteroatoms. The highest BCUT2D eigenvalue weighted by molar-refractivity contribution is 6.03. The molecular weight excluding hydrogens is 749 g/mol. The standard InChI is InChI=1S/C44H60FN3O10/c1-58-34-22-16-31(17-23-34)39-35(24-25-36(50)30-14-18-32(45)19-15-30)44(57)48(39)33-20-12-29(13-21-33)27-47-38(52)11-9-7-5-3-2-4-6-8-10-26-46-43(56)42(55)41(54)40(53)37(51)28-49/h12-23,35-37,39-42,49-51,53-55H,2-11,24-28H2,1H3,(H,46,56)(H,47,52). The summed E-state index contributed by atoms with van der Waals surface area (Å²) < 4.78 is 18.7. The number of benzene rings is 3. The number of carbonyl (C=O) groups is 3. The van der Waals surface area contributed by atoms with Crippen LogP contribution in [0.1, 0.15) is 106 Å². The molecule has 3 amide bonds.